The molecule has 54 valence electrons. The van der Waals surface area contributed by atoms with E-state index in [4.69, 9.17) is 0 Å². The molecule has 0 saturated carbocycles. The number of benzene rings is 1. The molecule has 1 aromatic carbocycles. The van der Waals surface area contributed by atoms with Crippen molar-refractivity contribution in [3.05, 3.63) is 41.8 Å². The maximum Gasteiger partial charge on any atom is 1.00 e. The molecule has 0 aliphatic carbocycles. The molecule has 2 rings (SSSR count). The smallest absolute Gasteiger partial charge is 0.309 e. The summed E-state index contributed by atoms with van der Waals surface area (Å²) >= 11 is 1.36. The molecule has 0 aliphatic rings. The van der Waals surface area contributed by atoms with Gasteiger partial charge in [0.15, 0.2) is 0 Å². The molecule has 0 fully saturated rings. The van der Waals surface area contributed by atoms with Gasteiger partial charge < -0.3 is 4.37 Å². The largest absolute Gasteiger partial charge is 1.00 e. The van der Waals surface area contributed by atoms with Crippen molar-refractivity contribution >= 4 is 11.5 Å². The van der Waals surface area contributed by atoms with Crippen molar-refractivity contribution in [2.75, 3.05) is 0 Å². The number of hydrogen-bond donors (Lipinski definition) is 0. The van der Waals surface area contributed by atoms with Crippen LogP contribution in [0, 0.1) is 5.38 Å². The van der Waals surface area contributed by atoms with Crippen LogP contribution >= 0.6 is 11.5 Å². The molecule has 1 aromatic heterocycles. The Labute approximate surface area is 87.8 Å². The van der Waals surface area contributed by atoms with Gasteiger partial charge in [-0.1, -0.05) is 41.6 Å². The minimum atomic E-state index is 0. The first-order valence-corrected chi connectivity index (χ1v) is 4.12. The van der Waals surface area contributed by atoms with E-state index in [1.165, 1.54) is 11.5 Å². The zero-order chi connectivity index (χ0) is 7.52. The molecular formula is C9H6LiNS. The fourth-order valence-corrected chi connectivity index (χ4v) is 1.40. The van der Waals surface area contributed by atoms with Crippen molar-refractivity contribution in [1.29, 1.82) is 0 Å². The zero-order valence-corrected chi connectivity index (χ0v) is 7.64. The van der Waals surface area contributed by atoms with E-state index >= 15 is 0 Å². The van der Waals surface area contributed by atoms with Gasteiger partial charge in [0.2, 0.25) is 0 Å². The molecule has 0 bridgehead atoms. The normalized spacial score (nSPS) is 9.00. The summed E-state index contributed by atoms with van der Waals surface area (Å²) < 4.78 is 4.17. The third-order valence-corrected chi connectivity index (χ3v) is 1.97. The quantitative estimate of drug-likeness (QED) is 0.416. The molecule has 1 heterocycles. The average Bonchev–Trinajstić information content (AvgIpc) is 2.58. The molecule has 0 atom stereocenters. The van der Waals surface area contributed by atoms with Gasteiger partial charge >= 0.3 is 18.9 Å². The third kappa shape index (κ3) is 1.98. The van der Waals surface area contributed by atoms with E-state index in [2.05, 4.69) is 9.75 Å². The summed E-state index contributed by atoms with van der Waals surface area (Å²) in [5, 5.41) is 2.96. The number of hydrogen-bond acceptors (Lipinski definition) is 2. The molecule has 0 radical (unpaired) electrons. The van der Waals surface area contributed by atoms with E-state index in [1.807, 2.05) is 36.4 Å². The molecule has 3 heteroatoms. The van der Waals surface area contributed by atoms with Crippen LogP contribution in [-0.4, -0.2) is 4.37 Å². The second-order valence-corrected chi connectivity index (χ2v) is 2.80. The van der Waals surface area contributed by atoms with Crippen molar-refractivity contribution in [1.82, 2.24) is 4.37 Å². The van der Waals surface area contributed by atoms with Crippen LogP contribution in [0.15, 0.2) is 36.4 Å². The van der Waals surface area contributed by atoms with Crippen LogP contribution in [0.1, 0.15) is 0 Å². The summed E-state index contributed by atoms with van der Waals surface area (Å²) in [5.74, 6) is 0. The van der Waals surface area contributed by atoms with Gasteiger partial charge in [0, 0.05) is 0 Å². The maximum absolute atomic E-state index is 4.17. The molecular weight excluding hydrogens is 161 g/mol. The molecule has 0 N–H and O–H groups in total. The van der Waals surface area contributed by atoms with Gasteiger partial charge in [0.25, 0.3) is 0 Å². The molecule has 0 aliphatic heterocycles. The summed E-state index contributed by atoms with van der Waals surface area (Å²) in [5.41, 5.74) is 2.17. The Morgan fingerprint density at radius 1 is 1.17 bits per heavy atom. The third-order valence-electron chi connectivity index (χ3n) is 1.46. The molecule has 0 amide bonds. The molecule has 0 spiro atoms. The topological polar surface area (TPSA) is 12.9 Å². The van der Waals surface area contributed by atoms with Gasteiger partial charge in [-0.2, -0.15) is 23.0 Å². The van der Waals surface area contributed by atoms with E-state index in [0.717, 1.165) is 11.3 Å². The zero-order valence-electron chi connectivity index (χ0n) is 6.82. The fraction of sp³-hybridized carbons (Fsp3) is 0. The van der Waals surface area contributed by atoms with Crippen molar-refractivity contribution in [3.63, 3.8) is 0 Å². The van der Waals surface area contributed by atoms with E-state index in [1.54, 1.807) is 0 Å². The van der Waals surface area contributed by atoms with Crippen molar-refractivity contribution in [3.8, 4) is 11.3 Å². The SMILES string of the molecule is [Li+].[c-]1cc(-c2ccccc2)ns1. The minimum Gasteiger partial charge on any atom is -0.309 e. The predicted molar refractivity (Wildman–Crippen MR) is 46.4 cm³/mol. The van der Waals surface area contributed by atoms with Gasteiger partial charge in [-0.05, 0) is 0 Å². The van der Waals surface area contributed by atoms with Gasteiger partial charge in [0.05, 0.1) is 0 Å². The molecule has 1 nitrogen and oxygen atoms in total. The molecule has 12 heavy (non-hydrogen) atoms. The summed E-state index contributed by atoms with van der Waals surface area (Å²) in [4.78, 5) is 0. The monoisotopic (exact) mass is 167 g/mol. The summed E-state index contributed by atoms with van der Waals surface area (Å²) in [6, 6.07) is 12.0. The number of nitrogens with zero attached hydrogens (tertiary/aromatic N) is 1. The van der Waals surface area contributed by atoms with Crippen LogP contribution < -0.4 is 18.9 Å². The van der Waals surface area contributed by atoms with Crippen LogP contribution in [-0.2, 0) is 0 Å². The number of rotatable bonds is 1. The summed E-state index contributed by atoms with van der Waals surface area (Å²) in [6.45, 7) is 0. The Hall–Kier alpha value is -0.553. The Bertz CT molecular complexity index is 318. The molecule has 0 unspecified atom stereocenters. The Kier molecular flexibility index (Phi) is 3.55. The van der Waals surface area contributed by atoms with Crippen LogP contribution in [0.3, 0.4) is 0 Å². The maximum atomic E-state index is 4.17. The Morgan fingerprint density at radius 2 is 1.92 bits per heavy atom. The van der Waals surface area contributed by atoms with Gasteiger partial charge in [-0.25, -0.2) is 0 Å². The molecule has 2 aromatic rings. The van der Waals surface area contributed by atoms with E-state index in [9.17, 15) is 0 Å². The summed E-state index contributed by atoms with van der Waals surface area (Å²) in [6.07, 6.45) is 0. The van der Waals surface area contributed by atoms with Crippen molar-refractivity contribution < 1.29 is 18.9 Å². The van der Waals surface area contributed by atoms with Gasteiger partial charge in [-0.3, -0.25) is 0 Å². The second-order valence-electron chi connectivity index (χ2n) is 2.20. The van der Waals surface area contributed by atoms with Gasteiger partial charge in [-0.15, -0.1) is 0 Å². The molecule has 0 saturated heterocycles. The standard InChI is InChI=1S/C9H6NS.Li/c1-2-4-8(5-3-1)9-6-7-11-10-9;/h1-6H;/q-1;+1. The second kappa shape index (κ2) is 4.47. The number of aromatic nitrogens is 1. The van der Waals surface area contributed by atoms with Gasteiger partial charge in [0.1, 0.15) is 0 Å². The van der Waals surface area contributed by atoms with Crippen LogP contribution in [0.25, 0.3) is 11.3 Å². The van der Waals surface area contributed by atoms with E-state index in [0.29, 0.717) is 0 Å². The Balaban J connectivity index is 0.000000720. The minimum absolute atomic E-state index is 0. The van der Waals surface area contributed by atoms with Crippen LogP contribution in [0.4, 0.5) is 0 Å². The first-order valence-electron chi connectivity index (χ1n) is 3.35. The fourth-order valence-electron chi connectivity index (χ4n) is 0.929. The average molecular weight is 167 g/mol. The first-order chi connectivity index (χ1) is 5.47. The predicted octanol–water partition coefficient (Wildman–Crippen LogP) is -0.386. The van der Waals surface area contributed by atoms with Crippen LogP contribution in [0.5, 0.6) is 0 Å². The van der Waals surface area contributed by atoms with E-state index < -0.39 is 0 Å². The summed E-state index contributed by atoms with van der Waals surface area (Å²) in [7, 11) is 0. The van der Waals surface area contributed by atoms with Crippen molar-refractivity contribution in [2.24, 2.45) is 0 Å². The van der Waals surface area contributed by atoms with E-state index in [-0.39, 0.29) is 18.9 Å². The van der Waals surface area contributed by atoms with Crippen LogP contribution in [0.2, 0.25) is 0 Å². The van der Waals surface area contributed by atoms with Crippen molar-refractivity contribution in [2.45, 2.75) is 0 Å². The first kappa shape index (κ1) is 9.53. The Morgan fingerprint density at radius 3 is 2.50 bits per heavy atom.